The molecule has 1 unspecified atom stereocenters. The monoisotopic (exact) mass is 256 g/mol. The molecule has 0 spiro atoms. The molecule has 0 saturated heterocycles. The van der Waals surface area contributed by atoms with Crippen LogP contribution in [0, 0.1) is 6.92 Å². The Morgan fingerprint density at radius 3 is 2.94 bits per heavy atom. The van der Waals surface area contributed by atoms with E-state index < -0.39 is 0 Å². The maximum atomic E-state index is 11.5. The SMILES string of the molecule is COCC(C)NC(=O)CNCCc1nc(C)no1. The summed E-state index contributed by atoms with van der Waals surface area (Å²) >= 11 is 0. The van der Waals surface area contributed by atoms with Crippen molar-refractivity contribution >= 4 is 5.91 Å². The lowest BCUT2D eigenvalue weighted by Gasteiger charge is -2.12. The molecule has 0 fully saturated rings. The van der Waals surface area contributed by atoms with Gasteiger partial charge in [-0.25, -0.2) is 0 Å². The molecule has 0 radical (unpaired) electrons. The summed E-state index contributed by atoms with van der Waals surface area (Å²) in [5.74, 6) is 1.14. The summed E-state index contributed by atoms with van der Waals surface area (Å²) in [4.78, 5) is 15.5. The number of rotatable bonds is 8. The smallest absolute Gasteiger partial charge is 0.234 e. The highest BCUT2D eigenvalue weighted by Crippen LogP contribution is 1.95. The fraction of sp³-hybridized carbons (Fsp3) is 0.727. The lowest BCUT2D eigenvalue weighted by molar-refractivity contribution is -0.121. The first-order valence-corrected chi connectivity index (χ1v) is 5.90. The van der Waals surface area contributed by atoms with E-state index in [2.05, 4.69) is 20.8 Å². The van der Waals surface area contributed by atoms with Gasteiger partial charge in [-0.15, -0.1) is 0 Å². The van der Waals surface area contributed by atoms with Crippen LogP contribution < -0.4 is 10.6 Å². The molecular formula is C11H20N4O3. The number of aromatic nitrogens is 2. The Morgan fingerprint density at radius 2 is 2.33 bits per heavy atom. The standard InChI is InChI=1S/C11H20N4O3/c1-8(7-17-3)13-10(16)6-12-5-4-11-14-9(2)15-18-11/h8,12H,4-7H2,1-3H3,(H,13,16). The summed E-state index contributed by atoms with van der Waals surface area (Å²) in [6, 6.07) is 0.0166. The Balaban J connectivity index is 2.08. The van der Waals surface area contributed by atoms with Crippen molar-refractivity contribution in [2.24, 2.45) is 0 Å². The Bertz CT molecular complexity index is 367. The quantitative estimate of drug-likeness (QED) is 0.619. The number of nitrogens with one attached hydrogen (secondary N) is 2. The zero-order valence-electron chi connectivity index (χ0n) is 11.0. The molecule has 0 bridgehead atoms. The van der Waals surface area contributed by atoms with E-state index in [0.29, 0.717) is 31.3 Å². The van der Waals surface area contributed by atoms with Crippen molar-refractivity contribution in [1.82, 2.24) is 20.8 Å². The molecule has 0 aliphatic rings. The summed E-state index contributed by atoms with van der Waals surface area (Å²) in [7, 11) is 1.60. The molecule has 102 valence electrons. The minimum Gasteiger partial charge on any atom is -0.383 e. The van der Waals surface area contributed by atoms with Gasteiger partial charge in [0.1, 0.15) is 0 Å². The van der Waals surface area contributed by atoms with Crippen molar-refractivity contribution in [2.45, 2.75) is 26.3 Å². The maximum Gasteiger partial charge on any atom is 0.234 e. The highest BCUT2D eigenvalue weighted by atomic mass is 16.5. The fourth-order valence-electron chi connectivity index (χ4n) is 1.46. The van der Waals surface area contributed by atoms with Crippen molar-refractivity contribution in [3.63, 3.8) is 0 Å². The van der Waals surface area contributed by atoms with Crippen molar-refractivity contribution in [2.75, 3.05) is 26.8 Å². The van der Waals surface area contributed by atoms with Gasteiger partial charge >= 0.3 is 0 Å². The number of hydrogen-bond acceptors (Lipinski definition) is 6. The number of nitrogens with zero attached hydrogens (tertiary/aromatic N) is 2. The van der Waals surface area contributed by atoms with Crippen molar-refractivity contribution in [1.29, 1.82) is 0 Å². The Hall–Kier alpha value is -1.47. The van der Waals surface area contributed by atoms with Crippen molar-refractivity contribution in [3.05, 3.63) is 11.7 Å². The molecule has 1 heterocycles. The van der Waals surface area contributed by atoms with Gasteiger partial charge in [0, 0.05) is 26.1 Å². The number of aryl methyl sites for hydroxylation is 1. The molecule has 1 rings (SSSR count). The van der Waals surface area contributed by atoms with E-state index in [9.17, 15) is 4.79 Å². The molecule has 0 aromatic carbocycles. The van der Waals surface area contributed by atoms with Crippen LogP contribution in [-0.4, -0.2) is 48.9 Å². The second kappa shape index (κ2) is 7.78. The first-order chi connectivity index (χ1) is 8.61. The average molecular weight is 256 g/mol. The topological polar surface area (TPSA) is 89.3 Å². The molecule has 1 amide bonds. The number of methoxy groups -OCH3 is 1. The first-order valence-electron chi connectivity index (χ1n) is 5.90. The van der Waals surface area contributed by atoms with Crippen molar-refractivity contribution in [3.8, 4) is 0 Å². The van der Waals surface area contributed by atoms with Gasteiger partial charge in [-0.2, -0.15) is 4.98 Å². The third kappa shape index (κ3) is 5.74. The maximum absolute atomic E-state index is 11.5. The van der Waals surface area contributed by atoms with Crippen LogP contribution in [0.1, 0.15) is 18.6 Å². The van der Waals surface area contributed by atoms with Gasteiger partial charge in [0.2, 0.25) is 11.8 Å². The largest absolute Gasteiger partial charge is 0.383 e. The minimum absolute atomic E-state index is 0.0166. The van der Waals surface area contributed by atoms with Crippen LogP contribution in [0.3, 0.4) is 0 Å². The van der Waals surface area contributed by atoms with Gasteiger partial charge in [-0.1, -0.05) is 5.16 Å². The molecule has 2 N–H and O–H groups in total. The molecule has 0 aliphatic heterocycles. The summed E-state index contributed by atoms with van der Waals surface area (Å²) in [6.45, 7) is 5.05. The van der Waals surface area contributed by atoms with E-state index in [1.165, 1.54) is 0 Å². The average Bonchev–Trinajstić information content (AvgIpc) is 2.71. The van der Waals surface area contributed by atoms with E-state index in [-0.39, 0.29) is 18.5 Å². The van der Waals surface area contributed by atoms with Gasteiger partial charge in [0.15, 0.2) is 5.82 Å². The van der Waals surface area contributed by atoms with Gasteiger partial charge in [0.25, 0.3) is 0 Å². The van der Waals surface area contributed by atoms with Crippen LogP contribution in [0.2, 0.25) is 0 Å². The van der Waals surface area contributed by atoms with Crippen LogP contribution in [0.4, 0.5) is 0 Å². The van der Waals surface area contributed by atoms with Crippen molar-refractivity contribution < 1.29 is 14.1 Å². The van der Waals surface area contributed by atoms with Crippen LogP contribution in [0.25, 0.3) is 0 Å². The number of hydrogen-bond donors (Lipinski definition) is 2. The van der Waals surface area contributed by atoms with E-state index in [4.69, 9.17) is 9.26 Å². The van der Waals surface area contributed by atoms with Crippen LogP contribution in [0.5, 0.6) is 0 Å². The highest BCUT2D eigenvalue weighted by molar-refractivity contribution is 5.78. The lowest BCUT2D eigenvalue weighted by atomic mass is 10.3. The lowest BCUT2D eigenvalue weighted by Crippen LogP contribution is -2.41. The van der Waals surface area contributed by atoms with Gasteiger partial charge in [-0.05, 0) is 13.8 Å². The van der Waals surface area contributed by atoms with Gasteiger partial charge in [0.05, 0.1) is 13.2 Å². The van der Waals surface area contributed by atoms with Crippen LogP contribution >= 0.6 is 0 Å². The van der Waals surface area contributed by atoms with Crippen LogP contribution in [-0.2, 0) is 16.0 Å². The summed E-state index contributed by atoms with van der Waals surface area (Å²) in [5.41, 5.74) is 0. The number of ether oxygens (including phenoxy) is 1. The number of carbonyl (C=O) groups is 1. The van der Waals surface area contributed by atoms with Crippen LogP contribution in [0.15, 0.2) is 4.52 Å². The predicted octanol–water partition coefficient (Wildman–Crippen LogP) is -0.339. The Morgan fingerprint density at radius 1 is 1.56 bits per heavy atom. The predicted molar refractivity (Wildman–Crippen MR) is 65.1 cm³/mol. The van der Waals surface area contributed by atoms with Gasteiger partial charge < -0.3 is 19.9 Å². The molecule has 1 aromatic heterocycles. The molecule has 18 heavy (non-hydrogen) atoms. The van der Waals surface area contributed by atoms with Gasteiger partial charge in [-0.3, -0.25) is 4.79 Å². The molecule has 1 aromatic rings. The molecule has 1 atom stereocenters. The normalized spacial score (nSPS) is 12.4. The number of amides is 1. The van der Waals surface area contributed by atoms with E-state index in [1.54, 1.807) is 14.0 Å². The second-order valence-electron chi connectivity index (χ2n) is 4.09. The zero-order valence-corrected chi connectivity index (χ0v) is 11.0. The Labute approximate surface area is 106 Å². The summed E-state index contributed by atoms with van der Waals surface area (Å²) in [5, 5.41) is 9.50. The third-order valence-electron chi connectivity index (χ3n) is 2.19. The van der Waals surface area contributed by atoms with E-state index in [1.807, 2.05) is 6.92 Å². The summed E-state index contributed by atoms with van der Waals surface area (Å²) < 4.78 is 9.88. The molecule has 7 heteroatoms. The second-order valence-corrected chi connectivity index (χ2v) is 4.09. The Kier molecular flexibility index (Phi) is 6.31. The number of carbonyl (C=O) groups excluding carboxylic acids is 1. The minimum atomic E-state index is -0.0544. The van der Waals surface area contributed by atoms with E-state index >= 15 is 0 Å². The molecule has 7 nitrogen and oxygen atoms in total. The molecular weight excluding hydrogens is 236 g/mol. The summed E-state index contributed by atoms with van der Waals surface area (Å²) in [6.07, 6.45) is 0.613. The molecule has 0 aliphatic carbocycles. The van der Waals surface area contributed by atoms with E-state index in [0.717, 1.165) is 0 Å². The third-order valence-corrected chi connectivity index (χ3v) is 2.19. The zero-order chi connectivity index (χ0) is 13.4. The molecule has 0 saturated carbocycles. The first kappa shape index (κ1) is 14.6. The highest BCUT2D eigenvalue weighted by Gasteiger charge is 2.07. The fourth-order valence-corrected chi connectivity index (χ4v) is 1.46.